The van der Waals surface area contributed by atoms with Gasteiger partial charge in [0.15, 0.2) is 0 Å². The van der Waals surface area contributed by atoms with E-state index in [1.165, 1.54) is 0 Å². The van der Waals surface area contributed by atoms with Crippen molar-refractivity contribution in [1.82, 2.24) is 4.98 Å². The van der Waals surface area contributed by atoms with E-state index in [9.17, 15) is 0 Å². The van der Waals surface area contributed by atoms with Crippen molar-refractivity contribution in [3.63, 3.8) is 0 Å². The molecule has 1 aromatic heterocycles. The number of aromatic nitrogens is 1. The fraction of sp³-hybridized carbons (Fsp3) is 0.545. The summed E-state index contributed by atoms with van der Waals surface area (Å²) in [5, 5.41) is 0. The van der Waals surface area contributed by atoms with Crippen molar-refractivity contribution in [3.05, 3.63) is 30.1 Å². The van der Waals surface area contributed by atoms with Crippen LogP contribution in [0.5, 0.6) is 0 Å². The number of pyridine rings is 1. The first-order valence-electron chi connectivity index (χ1n) is 4.85. The van der Waals surface area contributed by atoms with Crippen LogP contribution in [0.3, 0.4) is 0 Å². The van der Waals surface area contributed by atoms with Crippen molar-refractivity contribution in [2.75, 3.05) is 0 Å². The van der Waals surface area contributed by atoms with E-state index in [1.807, 2.05) is 24.4 Å². The molecule has 2 rings (SSSR count). The maximum absolute atomic E-state index is 6.25. The molecule has 2 nitrogen and oxygen atoms in total. The zero-order valence-corrected chi connectivity index (χ0v) is 8.20. The van der Waals surface area contributed by atoms with Crippen LogP contribution in [0, 0.1) is 11.8 Å². The molecule has 13 heavy (non-hydrogen) atoms. The second-order valence-corrected chi connectivity index (χ2v) is 4.31. The largest absolute Gasteiger partial charge is 0.320 e. The fourth-order valence-electron chi connectivity index (χ4n) is 2.07. The minimum absolute atomic E-state index is 0.130. The molecule has 1 saturated carbocycles. The van der Waals surface area contributed by atoms with Crippen molar-refractivity contribution in [2.24, 2.45) is 17.6 Å². The lowest BCUT2D eigenvalue weighted by atomic mass is 10.0. The first-order valence-corrected chi connectivity index (χ1v) is 4.85. The van der Waals surface area contributed by atoms with E-state index in [-0.39, 0.29) is 5.54 Å². The number of nitrogens with zero attached hydrogens (tertiary/aromatic N) is 1. The second kappa shape index (κ2) is 2.81. The third kappa shape index (κ3) is 1.35. The minimum Gasteiger partial charge on any atom is -0.320 e. The zero-order chi connectivity index (χ0) is 9.47. The predicted octanol–water partition coefficient (Wildman–Crippen LogP) is 1.91. The average molecular weight is 176 g/mol. The van der Waals surface area contributed by atoms with E-state index in [0.29, 0.717) is 11.8 Å². The molecule has 1 fully saturated rings. The Kier molecular flexibility index (Phi) is 1.88. The molecular weight excluding hydrogens is 160 g/mol. The summed E-state index contributed by atoms with van der Waals surface area (Å²) in [4.78, 5) is 4.32. The summed E-state index contributed by atoms with van der Waals surface area (Å²) in [7, 11) is 0. The summed E-state index contributed by atoms with van der Waals surface area (Å²) < 4.78 is 0. The Hall–Kier alpha value is -0.890. The Morgan fingerprint density at radius 2 is 2.31 bits per heavy atom. The topological polar surface area (TPSA) is 38.9 Å². The van der Waals surface area contributed by atoms with Gasteiger partial charge in [-0.2, -0.15) is 0 Å². The Bertz CT molecular complexity index is 294. The molecule has 1 aliphatic carbocycles. The number of hydrogen-bond acceptors (Lipinski definition) is 2. The molecule has 2 unspecified atom stereocenters. The van der Waals surface area contributed by atoms with Crippen molar-refractivity contribution >= 4 is 0 Å². The lowest BCUT2D eigenvalue weighted by Crippen LogP contribution is -2.24. The van der Waals surface area contributed by atoms with Gasteiger partial charge in [-0.05, 0) is 30.4 Å². The van der Waals surface area contributed by atoms with Gasteiger partial charge in [-0.1, -0.05) is 19.9 Å². The van der Waals surface area contributed by atoms with E-state index in [2.05, 4.69) is 18.8 Å². The highest BCUT2D eigenvalue weighted by Gasteiger charge is 2.54. The first-order chi connectivity index (χ1) is 6.14. The highest BCUT2D eigenvalue weighted by atomic mass is 14.9. The van der Waals surface area contributed by atoms with Gasteiger partial charge in [0.1, 0.15) is 0 Å². The van der Waals surface area contributed by atoms with Gasteiger partial charge in [-0.25, -0.2) is 0 Å². The predicted molar refractivity (Wildman–Crippen MR) is 53.0 cm³/mol. The third-order valence-electron chi connectivity index (χ3n) is 3.01. The Labute approximate surface area is 79.2 Å². The number of hydrogen-bond donors (Lipinski definition) is 1. The van der Waals surface area contributed by atoms with Crippen molar-refractivity contribution in [2.45, 2.75) is 25.8 Å². The van der Waals surface area contributed by atoms with E-state index in [1.54, 1.807) is 0 Å². The summed E-state index contributed by atoms with van der Waals surface area (Å²) >= 11 is 0. The Morgan fingerprint density at radius 1 is 1.54 bits per heavy atom. The summed E-state index contributed by atoms with van der Waals surface area (Å²) in [6.07, 6.45) is 2.90. The molecule has 0 aromatic carbocycles. The van der Waals surface area contributed by atoms with Gasteiger partial charge < -0.3 is 5.73 Å². The first kappa shape index (κ1) is 8.70. The SMILES string of the molecule is CC(C)C1CC1(N)c1ccccn1. The van der Waals surface area contributed by atoms with E-state index in [0.717, 1.165) is 12.1 Å². The second-order valence-electron chi connectivity index (χ2n) is 4.31. The van der Waals surface area contributed by atoms with Gasteiger partial charge in [0.2, 0.25) is 0 Å². The van der Waals surface area contributed by atoms with Crippen molar-refractivity contribution in [1.29, 1.82) is 0 Å². The molecule has 70 valence electrons. The zero-order valence-electron chi connectivity index (χ0n) is 8.20. The van der Waals surface area contributed by atoms with Crippen LogP contribution < -0.4 is 5.73 Å². The quantitative estimate of drug-likeness (QED) is 0.747. The summed E-state index contributed by atoms with van der Waals surface area (Å²) in [6.45, 7) is 4.45. The van der Waals surface area contributed by atoms with Crippen LogP contribution in [0.1, 0.15) is 26.0 Å². The molecule has 1 aliphatic rings. The Balaban J connectivity index is 2.21. The van der Waals surface area contributed by atoms with Crippen LogP contribution in [0.2, 0.25) is 0 Å². The normalized spacial score (nSPS) is 32.2. The molecule has 2 atom stereocenters. The lowest BCUT2D eigenvalue weighted by Gasteiger charge is -2.12. The van der Waals surface area contributed by atoms with Gasteiger partial charge in [0.05, 0.1) is 11.2 Å². The minimum atomic E-state index is -0.130. The van der Waals surface area contributed by atoms with Gasteiger partial charge in [-0.15, -0.1) is 0 Å². The van der Waals surface area contributed by atoms with Gasteiger partial charge in [0, 0.05) is 6.20 Å². The molecule has 2 heteroatoms. The monoisotopic (exact) mass is 176 g/mol. The van der Waals surface area contributed by atoms with E-state index in [4.69, 9.17) is 5.73 Å². The molecule has 0 saturated heterocycles. The van der Waals surface area contributed by atoms with Crippen LogP contribution in [0.4, 0.5) is 0 Å². The molecule has 0 amide bonds. The molecule has 0 bridgehead atoms. The van der Waals surface area contributed by atoms with Crippen molar-refractivity contribution < 1.29 is 0 Å². The van der Waals surface area contributed by atoms with Crippen LogP contribution in [0.15, 0.2) is 24.4 Å². The maximum Gasteiger partial charge on any atom is 0.0619 e. The highest BCUT2D eigenvalue weighted by Crippen LogP contribution is 2.52. The average Bonchev–Trinajstić information content (AvgIpc) is 2.82. The number of rotatable bonds is 2. The molecule has 0 radical (unpaired) electrons. The van der Waals surface area contributed by atoms with Crippen LogP contribution in [-0.4, -0.2) is 4.98 Å². The summed E-state index contributed by atoms with van der Waals surface area (Å²) in [5.41, 5.74) is 7.17. The van der Waals surface area contributed by atoms with E-state index >= 15 is 0 Å². The molecule has 1 heterocycles. The summed E-state index contributed by atoms with van der Waals surface area (Å²) in [6, 6.07) is 5.97. The molecule has 2 N–H and O–H groups in total. The summed E-state index contributed by atoms with van der Waals surface area (Å²) in [5.74, 6) is 1.27. The van der Waals surface area contributed by atoms with Crippen LogP contribution >= 0.6 is 0 Å². The standard InChI is InChI=1S/C11H16N2/c1-8(2)9-7-11(9,12)10-5-3-4-6-13-10/h3-6,8-9H,7,12H2,1-2H3. The smallest absolute Gasteiger partial charge is 0.0619 e. The molecule has 0 spiro atoms. The van der Waals surface area contributed by atoms with Gasteiger partial charge in [0.25, 0.3) is 0 Å². The molecular formula is C11H16N2. The fourth-order valence-corrected chi connectivity index (χ4v) is 2.07. The highest BCUT2D eigenvalue weighted by molar-refractivity contribution is 5.25. The molecule has 0 aliphatic heterocycles. The Morgan fingerprint density at radius 3 is 2.77 bits per heavy atom. The van der Waals surface area contributed by atoms with Crippen LogP contribution in [-0.2, 0) is 5.54 Å². The van der Waals surface area contributed by atoms with E-state index < -0.39 is 0 Å². The third-order valence-corrected chi connectivity index (χ3v) is 3.01. The maximum atomic E-state index is 6.25. The van der Waals surface area contributed by atoms with Crippen molar-refractivity contribution in [3.8, 4) is 0 Å². The molecule has 1 aromatic rings. The van der Waals surface area contributed by atoms with Crippen LogP contribution in [0.25, 0.3) is 0 Å². The number of nitrogens with two attached hydrogens (primary N) is 1. The van der Waals surface area contributed by atoms with Gasteiger partial charge >= 0.3 is 0 Å². The lowest BCUT2D eigenvalue weighted by molar-refractivity contribution is 0.481. The van der Waals surface area contributed by atoms with Gasteiger partial charge in [-0.3, -0.25) is 4.98 Å².